The average Bonchev–Trinajstić information content (AvgIpc) is 2.64. The molecule has 0 amide bonds. The van der Waals surface area contributed by atoms with Crippen LogP contribution in [0, 0.1) is 0 Å². The highest BCUT2D eigenvalue weighted by atomic mass is 19.4. The molecule has 0 aliphatic rings. The van der Waals surface area contributed by atoms with E-state index < -0.39 is 25.2 Å². The summed E-state index contributed by atoms with van der Waals surface area (Å²) in [6.07, 6.45) is -2.70. The average molecular weight is 300 g/mol. The molecule has 0 unspecified atom stereocenters. The number of hydrogen-bond donors (Lipinski definition) is 1. The van der Waals surface area contributed by atoms with E-state index in [0.717, 1.165) is 15.8 Å². The van der Waals surface area contributed by atoms with Crippen LogP contribution in [0.4, 0.5) is 13.2 Å². The van der Waals surface area contributed by atoms with Crippen molar-refractivity contribution in [3.05, 3.63) is 36.0 Å². The van der Waals surface area contributed by atoms with Crippen molar-refractivity contribution in [2.75, 3.05) is 13.1 Å². The van der Waals surface area contributed by atoms with Gasteiger partial charge in [0.05, 0.1) is 13.1 Å². The van der Waals surface area contributed by atoms with Gasteiger partial charge in [-0.05, 0) is 11.6 Å². The molecule has 1 aromatic carbocycles. The van der Waals surface area contributed by atoms with Gasteiger partial charge >= 0.3 is 12.1 Å². The van der Waals surface area contributed by atoms with E-state index in [1.54, 1.807) is 19.3 Å². The zero-order valence-corrected chi connectivity index (χ0v) is 11.4. The molecule has 0 aliphatic carbocycles. The summed E-state index contributed by atoms with van der Waals surface area (Å²) in [6.45, 7) is -1.96. The molecule has 1 N–H and O–H groups in total. The summed E-state index contributed by atoms with van der Waals surface area (Å²) >= 11 is 0. The van der Waals surface area contributed by atoms with E-state index in [1.165, 1.54) is 0 Å². The second-order valence-electron chi connectivity index (χ2n) is 4.94. The maximum absolute atomic E-state index is 12.5. The van der Waals surface area contributed by atoms with Crippen LogP contribution >= 0.6 is 0 Å². The van der Waals surface area contributed by atoms with Crippen LogP contribution < -0.4 is 0 Å². The van der Waals surface area contributed by atoms with E-state index in [2.05, 4.69) is 0 Å². The monoisotopic (exact) mass is 300 g/mol. The Morgan fingerprint density at radius 3 is 2.62 bits per heavy atom. The third-order valence-electron chi connectivity index (χ3n) is 3.14. The first-order valence-corrected chi connectivity index (χ1v) is 6.30. The molecule has 2 rings (SSSR count). The molecule has 1 aromatic heterocycles. The molecule has 0 atom stereocenters. The van der Waals surface area contributed by atoms with E-state index >= 15 is 0 Å². The molecule has 1 heterocycles. The van der Waals surface area contributed by atoms with Crippen LogP contribution in [0.3, 0.4) is 0 Å². The summed E-state index contributed by atoms with van der Waals surface area (Å²) in [4.78, 5) is 11.6. The number of carboxylic acid groups (broad SMARTS) is 1. The smallest absolute Gasteiger partial charge is 0.401 e. The normalized spacial score (nSPS) is 12.2. The van der Waals surface area contributed by atoms with Crippen LogP contribution in [-0.2, 0) is 18.4 Å². The fourth-order valence-electron chi connectivity index (χ4n) is 2.41. The number of rotatable bonds is 5. The lowest BCUT2D eigenvalue weighted by molar-refractivity contribution is -0.154. The molecule has 0 radical (unpaired) electrons. The number of nitrogens with zero attached hydrogens (tertiary/aromatic N) is 2. The van der Waals surface area contributed by atoms with Gasteiger partial charge in [0.2, 0.25) is 0 Å². The van der Waals surface area contributed by atoms with Crippen LogP contribution in [0.15, 0.2) is 30.5 Å². The van der Waals surface area contributed by atoms with Crippen LogP contribution in [0.5, 0.6) is 0 Å². The van der Waals surface area contributed by atoms with E-state index in [4.69, 9.17) is 5.11 Å². The minimum Gasteiger partial charge on any atom is -0.480 e. The molecule has 0 saturated carbocycles. The SMILES string of the molecule is Cn1cc(CN(CC(=O)O)CC(F)(F)F)c2ccccc21. The van der Waals surface area contributed by atoms with Crippen molar-refractivity contribution in [1.82, 2.24) is 9.47 Å². The number of aromatic nitrogens is 1. The third kappa shape index (κ3) is 3.98. The maximum atomic E-state index is 12.5. The highest BCUT2D eigenvalue weighted by Crippen LogP contribution is 2.23. The zero-order valence-electron chi connectivity index (χ0n) is 11.4. The van der Waals surface area contributed by atoms with E-state index in [9.17, 15) is 18.0 Å². The summed E-state index contributed by atoms with van der Waals surface area (Å²) in [6, 6.07) is 7.33. The number of hydrogen-bond acceptors (Lipinski definition) is 2. The Kier molecular flexibility index (Phi) is 4.22. The number of halogens is 3. The molecular formula is C14H15F3N2O2. The molecule has 0 spiro atoms. The van der Waals surface area contributed by atoms with Gasteiger partial charge in [-0.1, -0.05) is 18.2 Å². The summed E-state index contributed by atoms with van der Waals surface area (Å²) < 4.78 is 39.4. The van der Waals surface area contributed by atoms with Gasteiger partial charge in [-0.15, -0.1) is 0 Å². The quantitative estimate of drug-likeness (QED) is 0.923. The molecule has 21 heavy (non-hydrogen) atoms. The fourth-order valence-corrected chi connectivity index (χ4v) is 2.41. The maximum Gasteiger partial charge on any atom is 0.401 e. The summed E-state index contributed by atoms with van der Waals surface area (Å²) in [7, 11) is 1.80. The minimum absolute atomic E-state index is 0.0623. The predicted molar refractivity (Wildman–Crippen MR) is 71.9 cm³/mol. The molecular weight excluding hydrogens is 285 g/mol. The summed E-state index contributed by atoms with van der Waals surface area (Å²) in [5, 5.41) is 9.59. The number of benzene rings is 1. The Hall–Kier alpha value is -2.02. The first kappa shape index (κ1) is 15.4. The highest BCUT2D eigenvalue weighted by Gasteiger charge is 2.31. The van der Waals surface area contributed by atoms with Crippen molar-refractivity contribution < 1.29 is 23.1 Å². The molecule has 0 fully saturated rings. The van der Waals surface area contributed by atoms with Crippen molar-refractivity contribution in [2.45, 2.75) is 12.7 Å². The van der Waals surface area contributed by atoms with Crippen LogP contribution in [0.2, 0.25) is 0 Å². The molecule has 4 nitrogen and oxygen atoms in total. The van der Waals surface area contributed by atoms with Gasteiger partial charge in [0.1, 0.15) is 0 Å². The van der Waals surface area contributed by atoms with Crippen LogP contribution in [0.25, 0.3) is 10.9 Å². The lowest BCUT2D eigenvalue weighted by Gasteiger charge is -2.21. The second kappa shape index (κ2) is 5.77. The Labute approximate surface area is 119 Å². The fraction of sp³-hybridized carbons (Fsp3) is 0.357. The Balaban J connectivity index is 2.27. The number of para-hydroxylation sites is 1. The van der Waals surface area contributed by atoms with E-state index in [0.29, 0.717) is 5.56 Å². The van der Waals surface area contributed by atoms with Crippen molar-refractivity contribution in [3.63, 3.8) is 0 Å². The van der Waals surface area contributed by atoms with Crippen molar-refractivity contribution in [2.24, 2.45) is 7.05 Å². The number of aryl methyl sites for hydroxylation is 1. The van der Waals surface area contributed by atoms with Crippen LogP contribution in [0.1, 0.15) is 5.56 Å². The largest absolute Gasteiger partial charge is 0.480 e. The second-order valence-corrected chi connectivity index (χ2v) is 4.94. The summed E-state index contributed by atoms with van der Waals surface area (Å²) in [5.41, 5.74) is 1.58. The Bertz CT molecular complexity index is 649. The molecule has 114 valence electrons. The van der Waals surface area contributed by atoms with Crippen molar-refractivity contribution in [1.29, 1.82) is 0 Å². The molecule has 0 aliphatic heterocycles. The molecule has 7 heteroatoms. The first-order valence-electron chi connectivity index (χ1n) is 6.30. The first-order chi connectivity index (χ1) is 9.76. The van der Waals surface area contributed by atoms with Gasteiger partial charge < -0.3 is 9.67 Å². The van der Waals surface area contributed by atoms with Gasteiger partial charge in [-0.2, -0.15) is 13.2 Å². The van der Waals surface area contributed by atoms with E-state index in [-0.39, 0.29) is 6.54 Å². The van der Waals surface area contributed by atoms with Gasteiger partial charge in [0.15, 0.2) is 0 Å². The number of fused-ring (bicyclic) bond motifs is 1. The Morgan fingerprint density at radius 1 is 1.33 bits per heavy atom. The molecule has 0 bridgehead atoms. The number of aliphatic carboxylic acids is 1. The lowest BCUT2D eigenvalue weighted by atomic mass is 10.1. The Morgan fingerprint density at radius 2 is 2.00 bits per heavy atom. The van der Waals surface area contributed by atoms with Crippen LogP contribution in [-0.4, -0.2) is 39.8 Å². The predicted octanol–water partition coefficient (Wildman–Crippen LogP) is 2.63. The topological polar surface area (TPSA) is 45.5 Å². The third-order valence-corrected chi connectivity index (χ3v) is 3.14. The number of carboxylic acids is 1. The molecule has 0 saturated heterocycles. The number of carbonyl (C=O) groups is 1. The van der Waals surface area contributed by atoms with Crippen molar-refractivity contribution in [3.8, 4) is 0 Å². The van der Waals surface area contributed by atoms with Gasteiger partial charge in [-0.3, -0.25) is 9.69 Å². The molecule has 2 aromatic rings. The van der Waals surface area contributed by atoms with Crippen molar-refractivity contribution >= 4 is 16.9 Å². The minimum atomic E-state index is -4.43. The standard InChI is InChI=1S/C14H15F3N2O2/c1-18-6-10(11-4-2-3-5-12(11)18)7-19(8-13(20)21)9-14(15,16)17/h2-6H,7-9H2,1H3,(H,20,21). The van der Waals surface area contributed by atoms with Gasteiger partial charge in [0.25, 0.3) is 0 Å². The summed E-state index contributed by atoms with van der Waals surface area (Å²) in [5.74, 6) is -1.28. The van der Waals surface area contributed by atoms with Gasteiger partial charge in [-0.25, -0.2) is 0 Å². The van der Waals surface area contributed by atoms with Gasteiger partial charge in [0, 0.05) is 30.7 Å². The lowest BCUT2D eigenvalue weighted by Crippen LogP contribution is -2.37. The number of alkyl halides is 3. The highest BCUT2D eigenvalue weighted by molar-refractivity contribution is 5.83. The zero-order chi connectivity index (χ0) is 15.6. The van der Waals surface area contributed by atoms with E-state index in [1.807, 2.05) is 22.8 Å².